The molecular weight excluding hydrogens is 496 g/mol. The van der Waals surface area contributed by atoms with Gasteiger partial charge in [-0.25, -0.2) is 10.4 Å². The van der Waals surface area contributed by atoms with Crippen LogP contribution in [0.2, 0.25) is 5.02 Å². The molecule has 4 heterocycles. The number of H-pyrrole nitrogens is 1. The zero-order valence-corrected chi connectivity index (χ0v) is 22.7. The van der Waals surface area contributed by atoms with Crippen molar-refractivity contribution in [3.63, 3.8) is 0 Å². The number of fused-ring (bicyclic) bond motifs is 3. The van der Waals surface area contributed by atoms with Gasteiger partial charge in [0.15, 0.2) is 5.82 Å². The third-order valence-corrected chi connectivity index (χ3v) is 6.57. The van der Waals surface area contributed by atoms with Crippen molar-refractivity contribution in [2.24, 2.45) is 10.1 Å². The summed E-state index contributed by atoms with van der Waals surface area (Å²) in [4.78, 5) is 23.1. The molecule has 9 nitrogen and oxygen atoms in total. The zero-order chi connectivity index (χ0) is 26.2. The summed E-state index contributed by atoms with van der Waals surface area (Å²) in [6.07, 6.45) is 4.71. The fourth-order valence-electron chi connectivity index (χ4n) is 3.42. The Morgan fingerprint density at radius 2 is 1.92 bits per heavy atom. The van der Waals surface area contributed by atoms with Gasteiger partial charge in [0.1, 0.15) is 23.2 Å². The van der Waals surface area contributed by atoms with Crippen LogP contribution in [-0.2, 0) is 11.3 Å². The lowest BCUT2D eigenvalue weighted by Crippen LogP contribution is -2.12. The van der Waals surface area contributed by atoms with E-state index >= 15 is 0 Å². The number of hydrogen-bond acceptors (Lipinski definition) is 7. The van der Waals surface area contributed by atoms with Crippen LogP contribution in [0.3, 0.4) is 0 Å². The van der Waals surface area contributed by atoms with Gasteiger partial charge in [-0.1, -0.05) is 37.6 Å². The number of nitrogens with zero attached hydrogens (tertiary/aromatic N) is 6. The van der Waals surface area contributed by atoms with Gasteiger partial charge in [-0.2, -0.15) is 5.10 Å². The highest BCUT2D eigenvalue weighted by Gasteiger charge is 2.26. The van der Waals surface area contributed by atoms with Crippen molar-refractivity contribution in [3.8, 4) is 5.00 Å². The van der Waals surface area contributed by atoms with Gasteiger partial charge in [-0.15, -0.1) is 21.5 Å². The van der Waals surface area contributed by atoms with Crippen molar-refractivity contribution in [1.29, 1.82) is 0 Å². The summed E-state index contributed by atoms with van der Waals surface area (Å²) in [7, 11) is 0. The average Bonchev–Trinajstić information content (AvgIpc) is 3.55. The standard InChI is InChI=1S/C17H15ClN4S.C6H8N4O.C2H6/c1-9-10(2)23-17-15(9)16(12-4-6-13(18)7-5-12)19-8-14-21-20-11(3)22(14)17;1-5(11)10-9-4-6-7-2-3-8-6;1-2/h4-7H,8H2,1-3H3;2-4H,1H3,(H,7,8)(H,10,11);1-2H3/b;9-4+;. The van der Waals surface area contributed by atoms with Crippen LogP contribution >= 0.6 is 22.9 Å². The Morgan fingerprint density at radius 1 is 1.19 bits per heavy atom. The van der Waals surface area contributed by atoms with E-state index in [-0.39, 0.29) is 5.91 Å². The number of aliphatic imine (C=N–C) groups is 1. The number of hydrazone groups is 1. The molecule has 1 aliphatic heterocycles. The van der Waals surface area contributed by atoms with Crippen molar-refractivity contribution >= 4 is 40.8 Å². The lowest BCUT2D eigenvalue weighted by molar-refractivity contribution is -0.118. The number of amides is 1. The Labute approximate surface area is 219 Å². The summed E-state index contributed by atoms with van der Waals surface area (Å²) in [5.41, 5.74) is 6.78. The highest BCUT2D eigenvalue weighted by molar-refractivity contribution is 7.15. The molecule has 0 radical (unpaired) electrons. The molecule has 0 aliphatic carbocycles. The summed E-state index contributed by atoms with van der Waals surface area (Å²) in [6, 6.07) is 7.86. The van der Waals surface area contributed by atoms with E-state index in [1.165, 1.54) is 29.1 Å². The van der Waals surface area contributed by atoms with Crippen LogP contribution < -0.4 is 5.43 Å². The van der Waals surface area contributed by atoms with E-state index in [9.17, 15) is 4.79 Å². The van der Waals surface area contributed by atoms with Gasteiger partial charge in [-0.05, 0) is 38.5 Å². The second kappa shape index (κ2) is 12.4. The maximum absolute atomic E-state index is 10.3. The minimum absolute atomic E-state index is 0.201. The molecule has 0 fully saturated rings. The van der Waals surface area contributed by atoms with Crippen LogP contribution in [0, 0.1) is 20.8 Å². The molecule has 3 aromatic heterocycles. The normalized spacial score (nSPS) is 11.8. The van der Waals surface area contributed by atoms with E-state index in [1.807, 2.05) is 45.0 Å². The first-order valence-corrected chi connectivity index (χ1v) is 12.7. The van der Waals surface area contributed by atoms with Gasteiger partial charge < -0.3 is 4.98 Å². The summed E-state index contributed by atoms with van der Waals surface area (Å²) in [6.45, 7) is 12.2. The number of aromatic amines is 1. The SMILES string of the molecule is CC.CC(=O)N/N=C/c1ncc[nH]1.Cc1sc2c(c1C)C(c1ccc(Cl)cc1)=NCc1nnc(C)n1-2. The van der Waals surface area contributed by atoms with Crippen molar-refractivity contribution in [1.82, 2.24) is 30.2 Å². The number of halogens is 1. The first-order chi connectivity index (χ1) is 17.3. The molecule has 11 heteroatoms. The highest BCUT2D eigenvalue weighted by atomic mass is 35.5. The third kappa shape index (κ3) is 6.13. The molecule has 188 valence electrons. The van der Waals surface area contributed by atoms with Crippen LogP contribution in [0.4, 0.5) is 0 Å². The molecule has 0 unspecified atom stereocenters. The van der Waals surface area contributed by atoms with Crippen molar-refractivity contribution in [2.45, 2.75) is 48.1 Å². The van der Waals surface area contributed by atoms with Crippen molar-refractivity contribution < 1.29 is 4.79 Å². The molecule has 36 heavy (non-hydrogen) atoms. The maximum Gasteiger partial charge on any atom is 0.236 e. The Morgan fingerprint density at radius 3 is 2.56 bits per heavy atom. The predicted molar refractivity (Wildman–Crippen MR) is 146 cm³/mol. The van der Waals surface area contributed by atoms with Crippen LogP contribution in [-0.4, -0.2) is 42.6 Å². The lowest BCUT2D eigenvalue weighted by Gasteiger charge is -2.09. The van der Waals surface area contributed by atoms with Gasteiger partial charge in [0.05, 0.1) is 11.9 Å². The molecule has 2 N–H and O–H groups in total. The molecule has 5 rings (SSSR count). The fraction of sp³-hybridized carbons (Fsp3) is 0.280. The highest BCUT2D eigenvalue weighted by Crippen LogP contribution is 2.36. The number of hydrogen-bond donors (Lipinski definition) is 2. The summed E-state index contributed by atoms with van der Waals surface area (Å²) >= 11 is 7.80. The van der Waals surface area contributed by atoms with Crippen LogP contribution in [0.5, 0.6) is 0 Å². The number of rotatable bonds is 3. The number of carbonyl (C=O) groups excluding carboxylic acids is 1. The lowest BCUT2D eigenvalue weighted by atomic mass is 10.00. The molecule has 0 atom stereocenters. The number of benzene rings is 1. The van der Waals surface area contributed by atoms with Gasteiger partial charge in [0.2, 0.25) is 5.91 Å². The molecular formula is C25H29ClN8OS. The molecule has 1 aliphatic rings. The van der Waals surface area contributed by atoms with E-state index in [2.05, 4.69) is 49.1 Å². The zero-order valence-electron chi connectivity index (χ0n) is 21.1. The van der Waals surface area contributed by atoms with Crippen LogP contribution in [0.15, 0.2) is 46.8 Å². The number of nitrogens with one attached hydrogen (secondary N) is 2. The second-order valence-corrected chi connectivity index (χ2v) is 9.17. The first kappa shape index (κ1) is 27.0. The van der Waals surface area contributed by atoms with E-state index in [4.69, 9.17) is 16.6 Å². The number of carbonyl (C=O) groups is 1. The molecule has 1 aromatic carbocycles. The summed E-state index contributed by atoms with van der Waals surface area (Å²) in [5.74, 6) is 2.19. The Kier molecular flexibility index (Phi) is 9.26. The maximum atomic E-state index is 10.3. The van der Waals surface area contributed by atoms with E-state index in [0.717, 1.165) is 32.9 Å². The Hall–Kier alpha value is -3.63. The number of thiophene rings is 1. The van der Waals surface area contributed by atoms with Crippen LogP contribution in [0.1, 0.15) is 59.8 Å². The molecule has 0 saturated heterocycles. The van der Waals surface area contributed by atoms with E-state index < -0.39 is 0 Å². The van der Waals surface area contributed by atoms with E-state index in [1.54, 1.807) is 23.7 Å². The minimum Gasteiger partial charge on any atom is -0.344 e. The fourth-order valence-corrected chi connectivity index (χ4v) is 4.77. The number of aryl methyl sites for hydroxylation is 2. The summed E-state index contributed by atoms with van der Waals surface area (Å²) < 4.78 is 2.13. The Bertz CT molecular complexity index is 1370. The van der Waals surface area contributed by atoms with Gasteiger partial charge in [0.25, 0.3) is 0 Å². The number of aromatic nitrogens is 5. The molecule has 4 aromatic rings. The molecule has 0 bridgehead atoms. The Balaban J connectivity index is 0.000000235. The minimum atomic E-state index is -0.201. The topological polar surface area (TPSA) is 113 Å². The van der Waals surface area contributed by atoms with E-state index in [0.29, 0.717) is 12.4 Å². The molecule has 1 amide bonds. The predicted octanol–water partition coefficient (Wildman–Crippen LogP) is 5.16. The third-order valence-electron chi connectivity index (χ3n) is 5.12. The molecule has 0 saturated carbocycles. The quantitative estimate of drug-likeness (QED) is 0.284. The van der Waals surface area contributed by atoms with Crippen LogP contribution in [0.25, 0.3) is 5.00 Å². The number of imidazole rings is 1. The second-order valence-electron chi connectivity index (χ2n) is 7.53. The van der Waals surface area contributed by atoms with Gasteiger partial charge in [-0.3, -0.25) is 14.4 Å². The summed E-state index contributed by atoms with van der Waals surface area (Å²) in [5, 5.41) is 14.0. The average molecular weight is 525 g/mol. The monoisotopic (exact) mass is 524 g/mol. The van der Waals surface area contributed by atoms with Crippen molar-refractivity contribution in [2.75, 3.05) is 0 Å². The van der Waals surface area contributed by atoms with Gasteiger partial charge >= 0.3 is 0 Å². The van der Waals surface area contributed by atoms with Gasteiger partial charge in [0, 0.05) is 40.3 Å². The first-order valence-electron chi connectivity index (χ1n) is 11.5. The smallest absolute Gasteiger partial charge is 0.236 e. The molecule has 0 spiro atoms. The largest absolute Gasteiger partial charge is 0.344 e. The van der Waals surface area contributed by atoms with Crippen molar-refractivity contribution in [3.05, 3.63) is 80.7 Å².